The van der Waals surface area contributed by atoms with Gasteiger partial charge >= 0.3 is 6.03 Å². The predicted molar refractivity (Wildman–Crippen MR) is 96.0 cm³/mol. The summed E-state index contributed by atoms with van der Waals surface area (Å²) in [5, 5.41) is 1.21. The molecular formula is C17H18N2O5S2. The van der Waals surface area contributed by atoms with E-state index in [-0.39, 0.29) is 9.79 Å². The van der Waals surface area contributed by atoms with Gasteiger partial charge in [-0.3, -0.25) is 0 Å². The average Bonchev–Trinajstić information content (AvgIpc) is 2.99. The number of sulfone groups is 2. The molecule has 2 aromatic carbocycles. The van der Waals surface area contributed by atoms with Crippen LogP contribution in [0, 0.1) is 13.8 Å². The van der Waals surface area contributed by atoms with Crippen molar-refractivity contribution in [1.82, 2.24) is 10.6 Å². The van der Waals surface area contributed by atoms with Crippen molar-refractivity contribution in [2.24, 2.45) is 0 Å². The summed E-state index contributed by atoms with van der Waals surface area (Å²) in [6.07, 6.45) is 0. The first-order valence-electron chi connectivity index (χ1n) is 7.80. The van der Waals surface area contributed by atoms with Crippen molar-refractivity contribution in [1.29, 1.82) is 0 Å². The van der Waals surface area contributed by atoms with Crippen molar-refractivity contribution < 1.29 is 21.6 Å². The third-order valence-electron chi connectivity index (χ3n) is 4.19. The lowest BCUT2D eigenvalue weighted by molar-refractivity contribution is 0.247. The second-order valence-electron chi connectivity index (χ2n) is 6.18. The molecular weight excluding hydrogens is 376 g/mol. The smallest absolute Gasteiger partial charge is 0.317 e. The summed E-state index contributed by atoms with van der Waals surface area (Å²) in [6, 6.07) is 11.2. The number of rotatable bonds is 4. The van der Waals surface area contributed by atoms with Gasteiger partial charge in [0.05, 0.1) is 9.79 Å². The van der Waals surface area contributed by atoms with E-state index >= 15 is 0 Å². The van der Waals surface area contributed by atoms with E-state index in [0.717, 1.165) is 11.1 Å². The Bertz CT molecular complexity index is 958. The zero-order chi connectivity index (χ0) is 19.1. The van der Waals surface area contributed by atoms with Gasteiger partial charge in [-0.15, -0.1) is 0 Å². The van der Waals surface area contributed by atoms with E-state index in [1.54, 1.807) is 38.1 Å². The molecule has 2 amide bonds. The summed E-state index contributed by atoms with van der Waals surface area (Å²) in [5.41, 5.74) is 1.72. The molecule has 2 aromatic rings. The van der Waals surface area contributed by atoms with Gasteiger partial charge in [0, 0.05) is 0 Å². The molecule has 1 saturated heterocycles. The van der Waals surface area contributed by atoms with Crippen molar-refractivity contribution in [2.75, 3.05) is 0 Å². The number of urea groups is 1. The summed E-state index contributed by atoms with van der Waals surface area (Å²) in [7, 11) is -8.22. The first-order valence-corrected chi connectivity index (χ1v) is 10.9. The van der Waals surface area contributed by atoms with E-state index in [4.69, 9.17) is 0 Å². The maximum Gasteiger partial charge on any atom is 0.317 e. The van der Waals surface area contributed by atoms with Crippen molar-refractivity contribution in [3.05, 3.63) is 59.7 Å². The van der Waals surface area contributed by atoms with Gasteiger partial charge in [-0.2, -0.15) is 0 Å². The topological polar surface area (TPSA) is 109 Å². The summed E-state index contributed by atoms with van der Waals surface area (Å²) in [6.45, 7) is 3.61. The van der Waals surface area contributed by atoms with Crippen LogP contribution in [-0.2, 0) is 19.7 Å². The van der Waals surface area contributed by atoms with Gasteiger partial charge in [0.2, 0.25) is 19.7 Å². The maximum atomic E-state index is 12.9. The minimum Gasteiger partial charge on any atom is -0.318 e. The predicted octanol–water partition coefficient (Wildman–Crippen LogP) is 1.52. The standard InChI is InChI=1S/C17H18N2O5S2/c1-11-3-7-13(8-4-11)25(21,22)15-16(19-17(20)18-15)26(23,24)14-9-5-12(2)6-10-14/h3-10,15-16H,1-2H3,(H2,18,19,20)/t15-,16-/m0/s1. The van der Waals surface area contributed by atoms with E-state index in [9.17, 15) is 21.6 Å². The Morgan fingerprint density at radius 2 is 0.962 bits per heavy atom. The van der Waals surface area contributed by atoms with Crippen molar-refractivity contribution in [3.63, 3.8) is 0 Å². The monoisotopic (exact) mass is 394 g/mol. The van der Waals surface area contributed by atoms with Gasteiger partial charge in [-0.05, 0) is 38.1 Å². The number of aryl methyl sites for hydroxylation is 2. The minimum absolute atomic E-state index is 0.0544. The zero-order valence-electron chi connectivity index (χ0n) is 14.1. The van der Waals surface area contributed by atoms with Crippen molar-refractivity contribution in [2.45, 2.75) is 34.4 Å². The molecule has 0 aliphatic carbocycles. The molecule has 1 aliphatic heterocycles. The number of carbonyl (C=O) groups excluding carboxylic acids is 1. The Balaban J connectivity index is 2.05. The molecule has 2 N–H and O–H groups in total. The molecule has 1 aliphatic rings. The molecule has 0 spiro atoms. The van der Waals surface area contributed by atoms with Crippen molar-refractivity contribution in [3.8, 4) is 0 Å². The lowest BCUT2D eigenvalue weighted by Gasteiger charge is -2.19. The van der Waals surface area contributed by atoms with Crippen LogP contribution in [0.2, 0.25) is 0 Å². The van der Waals surface area contributed by atoms with Gasteiger partial charge < -0.3 is 10.6 Å². The van der Waals surface area contributed by atoms with E-state index in [2.05, 4.69) is 10.6 Å². The van der Waals surface area contributed by atoms with E-state index in [0.29, 0.717) is 0 Å². The lowest BCUT2D eigenvalue weighted by atomic mass is 10.2. The lowest BCUT2D eigenvalue weighted by Crippen LogP contribution is -2.45. The normalized spacial score (nSPS) is 20.5. The quantitative estimate of drug-likeness (QED) is 0.817. The second kappa shape index (κ2) is 6.40. The fraction of sp³-hybridized carbons (Fsp3) is 0.235. The molecule has 138 valence electrons. The molecule has 9 heteroatoms. The van der Waals surface area contributed by atoms with Crippen LogP contribution in [-0.4, -0.2) is 33.6 Å². The number of nitrogens with one attached hydrogen (secondary N) is 2. The molecule has 0 unspecified atom stereocenters. The van der Waals surface area contributed by atoms with Gasteiger partial charge in [-0.25, -0.2) is 21.6 Å². The zero-order valence-corrected chi connectivity index (χ0v) is 15.8. The molecule has 2 atom stereocenters. The highest BCUT2D eigenvalue weighted by Crippen LogP contribution is 2.26. The Hall–Kier alpha value is -2.39. The number of benzene rings is 2. The third kappa shape index (κ3) is 3.19. The van der Waals surface area contributed by atoms with Crippen LogP contribution in [0.3, 0.4) is 0 Å². The highest BCUT2D eigenvalue weighted by molar-refractivity contribution is 7.96. The summed E-state index contributed by atoms with van der Waals surface area (Å²) < 4.78 is 51.7. The van der Waals surface area contributed by atoms with Crippen LogP contribution in [0.15, 0.2) is 58.3 Å². The molecule has 26 heavy (non-hydrogen) atoms. The molecule has 0 radical (unpaired) electrons. The first kappa shape index (κ1) is 18.4. The van der Waals surface area contributed by atoms with Gasteiger partial charge in [0.15, 0.2) is 10.7 Å². The molecule has 3 rings (SSSR count). The highest BCUT2D eigenvalue weighted by atomic mass is 32.2. The summed E-state index contributed by atoms with van der Waals surface area (Å²) in [5.74, 6) is 0. The van der Waals surface area contributed by atoms with Gasteiger partial charge in [0.25, 0.3) is 0 Å². The van der Waals surface area contributed by atoms with Crippen molar-refractivity contribution >= 4 is 25.7 Å². The molecule has 7 nitrogen and oxygen atoms in total. The molecule has 1 fully saturated rings. The Kier molecular flexibility index (Phi) is 4.53. The van der Waals surface area contributed by atoms with Gasteiger partial charge in [0.1, 0.15) is 0 Å². The average molecular weight is 394 g/mol. The van der Waals surface area contributed by atoms with E-state index in [1.807, 2.05) is 0 Å². The van der Waals surface area contributed by atoms with Crippen LogP contribution >= 0.6 is 0 Å². The summed E-state index contributed by atoms with van der Waals surface area (Å²) >= 11 is 0. The number of hydrogen-bond acceptors (Lipinski definition) is 5. The third-order valence-corrected chi connectivity index (χ3v) is 8.34. The number of hydrogen-bond donors (Lipinski definition) is 2. The van der Waals surface area contributed by atoms with E-state index < -0.39 is 36.5 Å². The van der Waals surface area contributed by atoms with Crippen LogP contribution in [0.4, 0.5) is 4.79 Å². The van der Waals surface area contributed by atoms with E-state index in [1.165, 1.54) is 24.3 Å². The Morgan fingerprint density at radius 3 is 1.27 bits per heavy atom. The number of carbonyl (C=O) groups is 1. The van der Waals surface area contributed by atoms with Crippen LogP contribution < -0.4 is 10.6 Å². The molecule has 0 saturated carbocycles. The summed E-state index contributed by atoms with van der Waals surface area (Å²) in [4.78, 5) is 11.7. The molecule has 1 heterocycles. The first-order chi connectivity index (χ1) is 12.1. The second-order valence-corrected chi connectivity index (χ2v) is 10.3. The maximum absolute atomic E-state index is 12.9. The fourth-order valence-corrected chi connectivity index (χ4v) is 6.49. The molecule has 0 aromatic heterocycles. The largest absolute Gasteiger partial charge is 0.318 e. The number of amides is 2. The van der Waals surface area contributed by atoms with Gasteiger partial charge in [-0.1, -0.05) is 35.4 Å². The highest BCUT2D eigenvalue weighted by Gasteiger charge is 2.49. The van der Waals surface area contributed by atoms with Crippen LogP contribution in [0.5, 0.6) is 0 Å². The fourth-order valence-electron chi connectivity index (χ4n) is 2.68. The minimum atomic E-state index is -4.11. The van der Waals surface area contributed by atoms with Crippen LogP contribution in [0.1, 0.15) is 11.1 Å². The Morgan fingerprint density at radius 1 is 0.654 bits per heavy atom. The van der Waals surface area contributed by atoms with Crippen LogP contribution in [0.25, 0.3) is 0 Å². The SMILES string of the molecule is Cc1ccc(S(=O)(=O)[C@@H]2NC(=O)N[C@H]2S(=O)(=O)c2ccc(C)cc2)cc1. The molecule has 0 bridgehead atoms. The Labute approximate surface area is 152 Å².